The van der Waals surface area contributed by atoms with E-state index in [4.69, 9.17) is 17.3 Å². The summed E-state index contributed by atoms with van der Waals surface area (Å²) in [6, 6.07) is 4.01. The Kier molecular flexibility index (Phi) is 3.68. The van der Waals surface area contributed by atoms with E-state index in [1.807, 2.05) is 38.8 Å². The molecule has 0 bridgehead atoms. The van der Waals surface area contributed by atoms with Crippen molar-refractivity contribution in [1.29, 1.82) is 0 Å². The predicted molar refractivity (Wildman–Crippen MR) is 99.8 cm³/mol. The number of halogens is 2. The van der Waals surface area contributed by atoms with Crippen molar-refractivity contribution in [1.82, 2.24) is 19.6 Å². The Labute approximate surface area is 155 Å². The zero-order chi connectivity index (χ0) is 17.8. The maximum atomic E-state index is 14.1. The highest BCUT2D eigenvalue weighted by Gasteiger charge is 2.28. The summed E-state index contributed by atoms with van der Waals surface area (Å²) in [4.78, 5) is 1.97. The molecule has 2 N–H and O–H groups in total. The van der Waals surface area contributed by atoms with Crippen molar-refractivity contribution in [3.8, 4) is 5.69 Å². The van der Waals surface area contributed by atoms with Crippen molar-refractivity contribution < 1.29 is 4.39 Å². The largest absolute Gasteiger partial charge is 0.367 e. The minimum atomic E-state index is -1.04. The van der Waals surface area contributed by atoms with Crippen LogP contribution >= 0.6 is 11.6 Å². The lowest BCUT2D eigenvalue weighted by molar-refractivity contribution is 0.251. The first kappa shape index (κ1) is 16.1. The van der Waals surface area contributed by atoms with Crippen LogP contribution in [-0.4, -0.2) is 44.9 Å². The van der Waals surface area contributed by atoms with Gasteiger partial charge in [-0.3, -0.25) is 4.68 Å². The van der Waals surface area contributed by atoms with Gasteiger partial charge >= 0.3 is 0 Å². The van der Waals surface area contributed by atoms with Crippen LogP contribution in [0.2, 0.25) is 5.02 Å². The molecule has 2 aliphatic rings. The zero-order valence-corrected chi connectivity index (χ0v) is 15.0. The Morgan fingerprint density at radius 2 is 2.00 bits per heavy atom. The Bertz CT molecular complexity index is 962. The van der Waals surface area contributed by atoms with Gasteiger partial charge in [0.25, 0.3) is 0 Å². The molecule has 1 aliphatic heterocycles. The molecule has 0 unspecified atom stereocenters. The maximum Gasteiger partial charge on any atom is 0.133 e. The minimum Gasteiger partial charge on any atom is -0.367 e. The molecule has 0 spiro atoms. The van der Waals surface area contributed by atoms with Gasteiger partial charge in [-0.2, -0.15) is 10.2 Å². The van der Waals surface area contributed by atoms with Crippen LogP contribution in [0, 0.1) is 0 Å². The topological polar surface area (TPSA) is 64.9 Å². The molecule has 2 aromatic heterocycles. The van der Waals surface area contributed by atoms with Crippen molar-refractivity contribution in [2.24, 2.45) is 5.73 Å². The first-order valence-corrected chi connectivity index (χ1v) is 9.34. The second-order valence-corrected chi connectivity index (χ2v) is 7.65. The first-order valence-electron chi connectivity index (χ1n) is 8.96. The van der Waals surface area contributed by atoms with Crippen LogP contribution in [0.15, 0.2) is 30.7 Å². The van der Waals surface area contributed by atoms with Crippen LogP contribution in [0.5, 0.6) is 0 Å². The zero-order valence-electron chi connectivity index (χ0n) is 14.2. The smallest absolute Gasteiger partial charge is 0.133 e. The molecule has 1 aliphatic carbocycles. The second kappa shape index (κ2) is 5.96. The number of benzene rings is 1. The van der Waals surface area contributed by atoms with Crippen molar-refractivity contribution >= 4 is 28.2 Å². The van der Waals surface area contributed by atoms with E-state index >= 15 is 0 Å². The van der Waals surface area contributed by atoms with Crippen molar-refractivity contribution in [3.05, 3.63) is 35.7 Å². The van der Waals surface area contributed by atoms with Crippen molar-refractivity contribution in [2.75, 3.05) is 18.0 Å². The van der Waals surface area contributed by atoms with E-state index in [0.717, 1.165) is 22.3 Å². The normalized spacial score (nSPS) is 23.7. The van der Waals surface area contributed by atoms with Crippen LogP contribution in [0.25, 0.3) is 16.6 Å². The fourth-order valence-electron chi connectivity index (χ4n) is 3.60. The lowest BCUT2D eigenvalue weighted by Gasteiger charge is -2.35. The number of piperidine rings is 1. The van der Waals surface area contributed by atoms with Crippen molar-refractivity contribution in [3.63, 3.8) is 0 Å². The molecule has 1 saturated carbocycles. The van der Waals surface area contributed by atoms with Gasteiger partial charge in [-0.05, 0) is 31.4 Å². The number of anilines is 1. The highest BCUT2D eigenvalue weighted by atomic mass is 35.5. The quantitative estimate of drug-likeness (QED) is 0.765. The van der Waals surface area contributed by atoms with Gasteiger partial charge in [0, 0.05) is 18.0 Å². The van der Waals surface area contributed by atoms with Crippen LogP contribution in [0.4, 0.5) is 10.1 Å². The Morgan fingerprint density at radius 1 is 1.15 bits per heavy atom. The highest BCUT2D eigenvalue weighted by molar-refractivity contribution is 6.34. The van der Waals surface area contributed by atoms with Crippen LogP contribution < -0.4 is 10.6 Å². The van der Waals surface area contributed by atoms with Gasteiger partial charge in [-0.25, -0.2) is 9.07 Å². The molecule has 136 valence electrons. The van der Waals surface area contributed by atoms with Crippen LogP contribution in [-0.2, 0) is 0 Å². The molecule has 0 amide bonds. The summed E-state index contributed by atoms with van der Waals surface area (Å²) in [7, 11) is 0. The van der Waals surface area contributed by atoms with E-state index in [-0.39, 0.29) is 6.54 Å². The Morgan fingerprint density at radius 3 is 2.77 bits per heavy atom. The molecular weight excluding hydrogens is 355 g/mol. The molecule has 0 radical (unpaired) electrons. The molecule has 6 nitrogen and oxygen atoms in total. The lowest BCUT2D eigenvalue weighted by atomic mass is 10.0. The average molecular weight is 375 g/mol. The summed E-state index contributed by atoms with van der Waals surface area (Å²) < 4.78 is 18.0. The van der Waals surface area contributed by atoms with Crippen LogP contribution in [0.1, 0.15) is 25.3 Å². The fraction of sp³-hybridized carbons (Fsp3) is 0.444. The molecule has 1 saturated heterocycles. The lowest BCUT2D eigenvalue weighted by Crippen LogP contribution is -2.48. The Hall–Kier alpha value is -2.12. The third kappa shape index (κ3) is 2.66. The van der Waals surface area contributed by atoms with E-state index < -0.39 is 12.2 Å². The molecule has 3 aromatic rings. The van der Waals surface area contributed by atoms with Crippen LogP contribution in [0.3, 0.4) is 0 Å². The number of nitrogens with two attached hydrogens (primary N) is 1. The van der Waals surface area contributed by atoms with E-state index in [1.165, 1.54) is 12.8 Å². The summed E-state index contributed by atoms with van der Waals surface area (Å²) in [6.07, 6.45) is 7.58. The molecule has 2 atom stereocenters. The third-order valence-electron chi connectivity index (χ3n) is 5.32. The van der Waals surface area contributed by atoms with E-state index in [0.29, 0.717) is 24.0 Å². The number of aromatic nitrogens is 4. The molecule has 26 heavy (non-hydrogen) atoms. The summed E-state index contributed by atoms with van der Waals surface area (Å²) in [5.74, 6) is 0. The summed E-state index contributed by atoms with van der Waals surface area (Å²) >= 11 is 6.48. The van der Waals surface area contributed by atoms with E-state index in [1.54, 1.807) is 6.20 Å². The van der Waals surface area contributed by atoms with E-state index in [2.05, 4.69) is 10.2 Å². The van der Waals surface area contributed by atoms with Gasteiger partial charge in [0.2, 0.25) is 0 Å². The SMILES string of the molecule is N[C@H]1CCN(c2cc3c(cnn3-c3cnn(C4CC4)c3)cc2Cl)C[C@H]1F. The van der Waals surface area contributed by atoms with Gasteiger partial charge in [0.1, 0.15) is 11.9 Å². The second-order valence-electron chi connectivity index (χ2n) is 7.24. The first-order chi connectivity index (χ1) is 12.6. The van der Waals surface area contributed by atoms with Gasteiger partial charge in [0.05, 0.1) is 47.4 Å². The number of hydrogen-bond donors (Lipinski definition) is 1. The average Bonchev–Trinajstić information content (AvgIpc) is 3.22. The number of fused-ring (bicyclic) bond motifs is 1. The molecule has 1 aromatic carbocycles. The molecule has 3 heterocycles. The minimum absolute atomic E-state index is 0.264. The summed E-state index contributed by atoms with van der Waals surface area (Å²) in [6.45, 7) is 0.959. The fourth-order valence-corrected chi connectivity index (χ4v) is 3.89. The summed E-state index contributed by atoms with van der Waals surface area (Å²) in [5, 5.41) is 10.5. The number of rotatable bonds is 3. The third-order valence-corrected chi connectivity index (χ3v) is 5.63. The van der Waals surface area contributed by atoms with Gasteiger partial charge < -0.3 is 10.6 Å². The number of hydrogen-bond acceptors (Lipinski definition) is 4. The van der Waals surface area contributed by atoms with E-state index in [9.17, 15) is 4.39 Å². The van der Waals surface area contributed by atoms with Crippen molar-refractivity contribution in [2.45, 2.75) is 37.5 Å². The molecule has 8 heteroatoms. The standard InChI is InChI=1S/C18H20ClFN6/c19-14-5-11-7-23-26(13-8-22-25(9-13)12-1-2-12)17(11)6-18(14)24-4-3-16(21)15(20)10-24/h5-9,12,15-16H,1-4,10,21H2/t15-,16+/m1/s1. The number of alkyl halides is 1. The Balaban J connectivity index is 1.54. The maximum absolute atomic E-state index is 14.1. The molecule has 5 rings (SSSR count). The molecule has 2 fully saturated rings. The number of nitrogens with zero attached hydrogens (tertiary/aromatic N) is 5. The predicted octanol–water partition coefficient (Wildman–Crippen LogP) is 3.09. The van der Waals surface area contributed by atoms with Gasteiger partial charge in [-0.15, -0.1) is 0 Å². The monoisotopic (exact) mass is 374 g/mol. The molecular formula is C18H20ClFN6. The summed E-state index contributed by atoms with van der Waals surface area (Å²) in [5.41, 5.74) is 8.48. The highest BCUT2D eigenvalue weighted by Crippen LogP contribution is 2.36. The van der Waals surface area contributed by atoms with Gasteiger partial charge in [-0.1, -0.05) is 11.6 Å². The van der Waals surface area contributed by atoms with Gasteiger partial charge in [0.15, 0.2) is 0 Å².